The molecule has 0 aromatic carbocycles. The molecule has 0 spiro atoms. The van der Waals surface area contributed by atoms with Crippen molar-refractivity contribution >= 4 is 11.8 Å². The summed E-state index contributed by atoms with van der Waals surface area (Å²) in [6.07, 6.45) is 2.30. The summed E-state index contributed by atoms with van der Waals surface area (Å²) < 4.78 is 0. The third-order valence-electron chi connectivity index (χ3n) is 3.51. The molecule has 0 aliphatic carbocycles. The van der Waals surface area contributed by atoms with Gasteiger partial charge in [0.1, 0.15) is 0 Å². The number of likely N-dealkylation sites (tertiary alicyclic amines) is 1. The number of aliphatic hydroxyl groups excluding tert-OH is 1. The lowest BCUT2D eigenvalue weighted by molar-refractivity contribution is -0.139. The van der Waals surface area contributed by atoms with Crippen molar-refractivity contribution < 1.29 is 14.7 Å². The van der Waals surface area contributed by atoms with Crippen LogP contribution in [0.1, 0.15) is 47.0 Å². The monoisotopic (exact) mass is 270 g/mol. The molecule has 5 heteroatoms. The van der Waals surface area contributed by atoms with Gasteiger partial charge in [0.05, 0.1) is 18.7 Å². The quantitative estimate of drug-likeness (QED) is 0.801. The topological polar surface area (TPSA) is 69.6 Å². The van der Waals surface area contributed by atoms with Crippen LogP contribution < -0.4 is 5.32 Å². The van der Waals surface area contributed by atoms with Crippen LogP contribution in [0.5, 0.6) is 0 Å². The van der Waals surface area contributed by atoms with Crippen LogP contribution in [0.4, 0.5) is 0 Å². The molecule has 5 nitrogen and oxygen atoms in total. The van der Waals surface area contributed by atoms with Crippen LogP contribution in [-0.2, 0) is 9.59 Å². The van der Waals surface area contributed by atoms with E-state index in [1.54, 1.807) is 11.8 Å². The van der Waals surface area contributed by atoms with Crippen LogP contribution in [0.3, 0.4) is 0 Å². The second-order valence-corrected chi connectivity index (χ2v) is 6.32. The summed E-state index contributed by atoms with van der Waals surface area (Å²) in [5.41, 5.74) is -0.494. The molecule has 0 aromatic heterocycles. The lowest BCUT2D eigenvalue weighted by Crippen LogP contribution is -2.52. The van der Waals surface area contributed by atoms with Crippen LogP contribution in [0.15, 0.2) is 0 Å². The molecule has 110 valence electrons. The average molecular weight is 270 g/mol. The first kappa shape index (κ1) is 16.0. The van der Waals surface area contributed by atoms with E-state index in [2.05, 4.69) is 5.32 Å². The summed E-state index contributed by atoms with van der Waals surface area (Å²) in [6, 6.07) is -0.118. The van der Waals surface area contributed by atoms with Gasteiger partial charge in [0, 0.05) is 12.0 Å². The van der Waals surface area contributed by atoms with E-state index in [-0.39, 0.29) is 24.4 Å². The van der Waals surface area contributed by atoms with Gasteiger partial charge in [0.25, 0.3) is 0 Å². The Morgan fingerprint density at radius 2 is 2.00 bits per heavy atom. The molecule has 1 aliphatic heterocycles. The number of aliphatic hydroxyl groups is 1. The normalized spacial score (nSPS) is 21.9. The average Bonchev–Trinajstić information content (AvgIpc) is 2.34. The van der Waals surface area contributed by atoms with Gasteiger partial charge in [0.2, 0.25) is 11.8 Å². The number of hydrogen-bond donors (Lipinski definition) is 2. The minimum atomic E-state index is -0.525. The number of hydrogen-bond acceptors (Lipinski definition) is 3. The Bertz CT molecular complexity index is 334. The Labute approximate surface area is 115 Å². The first-order chi connectivity index (χ1) is 8.73. The van der Waals surface area contributed by atoms with Gasteiger partial charge < -0.3 is 15.3 Å². The summed E-state index contributed by atoms with van der Waals surface area (Å²) >= 11 is 0. The Morgan fingerprint density at radius 3 is 2.53 bits per heavy atom. The minimum Gasteiger partial charge on any atom is -0.391 e. The zero-order valence-electron chi connectivity index (χ0n) is 12.4. The molecular weight excluding hydrogens is 244 g/mol. The van der Waals surface area contributed by atoms with Crippen LogP contribution in [0.2, 0.25) is 0 Å². The van der Waals surface area contributed by atoms with E-state index in [0.29, 0.717) is 6.54 Å². The maximum atomic E-state index is 12.1. The largest absolute Gasteiger partial charge is 0.391 e. The Kier molecular flexibility index (Phi) is 5.35. The summed E-state index contributed by atoms with van der Waals surface area (Å²) in [4.78, 5) is 25.6. The van der Waals surface area contributed by atoms with E-state index < -0.39 is 11.5 Å². The van der Waals surface area contributed by atoms with Gasteiger partial charge >= 0.3 is 0 Å². The second-order valence-electron chi connectivity index (χ2n) is 6.32. The zero-order valence-corrected chi connectivity index (χ0v) is 12.4. The SMILES string of the molecule is CC(O)C1CCCCN1C(=O)CNC(=O)C(C)(C)C. The molecule has 19 heavy (non-hydrogen) atoms. The Hall–Kier alpha value is -1.10. The van der Waals surface area contributed by atoms with Gasteiger partial charge in [0.15, 0.2) is 0 Å². The first-order valence-electron chi connectivity index (χ1n) is 6.99. The fourth-order valence-corrected chi connectivity index (χ4v) is 2.29. The van der Waals surface area contributed by atoms with E-state index in [1.807, 2.05) is 20.8 Å². The van der Waals surface area contributed by atoms with E-state index >= 15 is 0 Å². The smallest absolute Gasteiger partial charge is 0.242 e. The van der Waals surface area contributed by atoms with E-state index in [4.69, 9.17) is 0 Å². The maximum Gasteiger partial charge on any atom is 0.242 e. The number of carbonyl (C=O) groups is 2. The molecule has 2 amide bonds. The molecule has 2 unspecified atom stereocenters. The second kappa shape index (κ2) is 6.37. The van der Waals surface area contributed by atoms with E-state index in [0.717, 1.165) is 19.3 Å². The predicted molar refractivity (Wildman–Crippen MR) is 73.5 cm³/mol. The number of rotatable bonds is 3. The number of carbonyl (C=O) groups excluding carboxylic acids is 2. The zero-order chi connectivity index (χ0) is 14.6. The van der Waals surface area contributed by atoms with Crippen molar-refractivity contribution in [2.45, 2.75) is 59.1 Å². The highest BCUT2D eigenvalue weighted by molar-refractivity contribution is 5.87. The number of nitrogens with one attached hydrogen (secondary N) is 1. The molecule has 1 saturated heterocycles. The number of piperidine rings is 1. The van der Waals surface area contributed by atoms with E-state index in [9.17, 15) is 14.7 Å². The molecule has 1 fully saturated rings. The molecule has 2 N–H and O–H groups in total. The van der Waals surface area contributed by atoms with Crippen LogP contribution in [0, 0.1) is 5.41 Å². The Morgan fingerprint density at radius 1 is 1.37 bits per heavy atom. The van der Waals surface area contributed by atoms with Crippen molar-refractivity contribution in [1.82, 2.24) is 10.2 Å². The fraction of sp³-hybridized carbons (Fsp3) is 0.857. The fourth-order valence-electron chi connectivity index (χ4n) is 2.29. The van der Waals surface area contributed by atoms with Gasteiger partial charge in [-0.2, -0.15) is 0 Å². The van der Waals surface area contributed by atoms with Crippen molar-refractivity contribution in [2.24, 2.45) is 5.41 Å². The van der Waals surface area contributed by atoms with Crippen molar-refractivity contribution in [1.29, 1.82) is 0 Å². The maximum absolute atomic E-state index is 12.1. The van der Waals surface area contributed by atoms with Crippen LogP contribution in [0.25, 0.3) is 0 Å². The van der Waals surface area contributed by atoms with Gasteiger partial charge in [-0.15, -0.1) is 0 Å². The van der Waals surface area contributed by atoms with Crippen LogP contribution >= 0.6 is 0 Å². The Balaban J connectivity index is 2.54. The van der Waals surface area contributed by atoms with Crippen molar-refractivity contribution in [3.8, 4) is 0 Å². The third kappa shape index (κ3) is 4.49. The number of nitrogens with zero attached hydrogens (tertiary/aromatic N) is 1. The number of amides is 2. The highest BCUT2D eigenvalue weighted by atomic mass is 16.3. The predicted octanol–water partition coefficient (Wildman–Crippen LogP) is 0.911. The minimum absolute atomic E-state index is 0.0132. The van der Waals surface area contributed by atoms with Crippen molar-refractivity contribution in [3.05, 3.63) is 0 Å². The summed E-state index contributed by atoms with van der Waals surface area (Å²) in [6.45, 7) is 7.83. The molecule has 1 aliphatic rings. The summed E-state index contributed by atoms with van der Waals surface area (Å²) in [5, 5.41) is 12.4. The van der Waals surface area contributed by atoms with Crippen molar-refractivity contribution in [3.63, 3.8) is 0 Å². The highest BCUT2D eigenvalue weighted by Crippen LogP contribution is 2.20. The molecular formula is C14H26N2O3. The van der Waals surface area contributed by atoms with Crippen molar-refractivity contribution in [2.75, 3.05) is 13.1 Å². The summed E-state index contributed by atoms with van der Waals surface area (Å²) in [5.74, 6) is -0.241. The molecule has 2 atom stereocenters. The third-order valence-corrected chi connectivity index (χ3v) is 3.51. The van der Waals surface area contributed by atoms with E-state index in [1.165, 1.54) is 0 Å². The molecule has 1 rings (SSSR count). The molecule has 0 bridgehead atoms. The molecule has 0 saturated carbocycles. The lowest BCUT2D eigenvalue weighted by atomic mass is 9.95. The molecule has 0 aromatic rings. The van der Waals surface area contributed by atoms with Gasteiger partial charge in [-0.1, -0.05) is 20.8 Å². The standard InChI is InChI=1S/C14H26N2O3/c1-10(17)11-7-5-6-8-16(11)12(18)9-15-13(19)14(2,3)4/h10-11,17H,5-9H2,1-4H3,(H,15,19). The molecule has 1 heterocycles. The summed E-state index contributed by atoms with van der Waals surface area (Å²) in [7, 11) is 0. The molecule has 0 radical (unpaired) electrons. The highest BCUT2D eigenvalue weighted by Gasteiger charge is 2.30. The van der Waals surface area contributed by atoms with Crippen LogP contribution in [-0.4, -0.2) is 47.1 Å². The lowest BCUT2D eigenvalue weighted by Gasteiger charge is -2.37. The van der Waals surface area contributed by atoms with Gasteiger partial charge in [-0.3, -0.25) is 9.59 Å². The first-order valence-corrected chi connectivity index (χ1v) is 6.99. The van der Waals surface area contributed by atoms with Gasteiger partial charge in [-0.25, -0.2) is 0 Å². The van der Waals surface area contributed by atoms with Gasteiger partial charge in [-0.05, 0) is 26.2 Å².